The lowest BCUT2D eigenvalue weighted by Gasteiger charge is -2.29. The summed E-state index contributed by atoms with van der Waals surface area (Å²) in [6.45, 7) is 2.04. The van der Waals surface area contributed by atoms with E-state index in [1.165, 1.54) is 0 Å². The summed E-state index contributed by atoms with van der Waals surface area (Å²) in [5, 5.41) is 6.49. The van der Waals surface area contributed by atoms with Crippen LogP contribution in [0.2, 0.25) is 0 Å². The van der Waals surface area contributed by atoms with E-state index in [0.717, 1.165) is 40.4 Å². The fraction of sp³-hybridized carbons (Fsp3) is 0.533. The maximum absolute atomic E-state index is 12.3. The van der Waals surface area contributed by atoms with Crippen molar-refractivity contribution in [2.24, 2.45) is 0 Å². The van der Waals surface area contributed by atoms with E-state index in [2.05, 4.69) is 33.2 Å². The molecule has 1 aromatic rings. The Balaban J connectivity index is 1.96. The zero-order valence-electron chi connectivity index (χ0n) is 11.5. The highest BCUT2D eigenvalue weighted by Crippen LogP contribution is 2.20. The molecule has 1 aliphatic rings. The molecule has 19 heavy (non-hydrogen) atoms. The second-order valence-corrected chi connectivity index (χ2v) is 6.33. The van der Waals surface area contributed by atoms with Crippen LogP contribution in [0, 0.1) is 10.5 Å². The second-order valence-electron chi connectivity index (χ2n) is 5.25. The average molecular weight is 372 g/mol. The molecule has 0 radical (unpaired) electrons. The molecule has 1 saturated carbocycles. The van der Waals surface area contributed by atoms with Gasteiger partial charge in [0.25, 0.3) is 5.91 Å². The van der Waals surface area contributed by atoms with Gasteiger partial charge in [0.1, 0.15) is 0 Å². The number of rotatable bonds is 3. The first-order chi connectivity index (χ1) is 9.11. The van der Waals surface area contributed by atoms with Gasteiger partial charge in [-0.2, -0.15) is 0 Å². The number of carbonyl (C=O) groups is 1. The van der Waals surface area contributed by atoms with Crippen LogP contribution in [0.3, 0.4) is 0 Å². The Hall–Kier alpha value is -0.620. The first-order valence-corrected chi connectivity index (χ1v) is 7.93. The van der Waals surface area contributed by atoms with Gasteiger partial charge in [-0.1, -0.05) is 12.1 Å². The number of benzene rings is 1. The first kappa shape index (κ1) is 14.8. The van der Waals surface area contributed by atoms with E-state index in [-0.39, 0.29) is 5.91 Å². The molecule has 0 atom stereocenters. The van der Waals surface area contributed by atoms with Crippen LogP contribution >= 0.6 is 22.6 Å². The number of halogens is 1. The molecular weight excluding hydrogens is 351 g/mol. The van der Waals surface area contributed by atoms with Crippen LogP contribution < -0.4 is 10.6 Å². The third-order valence-electron chi connectivity index (χ3n) is 3.91. The third kappa shape index (κ3) is 3.69. The molecule has 1 amide bonds. The van der Waals surface area contributed by atoms with Crippen LogP contribution in [0.25, 0.3) is 0 Å². The molecule has 0 aliphatic heterocycles. The quantitative estimate of drug-likeness (QED) is 0.802. The van der Waals surface area contributed by atoms with Gasteiger partial charge in [-0.3, -0.25) is 4.79 Å². The topological polar surface area (TPSA) is 41.1 Å². The Morgan fingerprint density at radius 3 is 2.47 bits per heavy atom. The van der Waals surface area contributed by atoms with Gasteiger partial charge in [-0.15, -0.1) is 0 Å². The van der Waals surface area contributed by atoms with Crippen LogP contribution in [-0.2, 0) is 0 Å². The SMILES string of the molecule is CNC1CCC(NC(=O)c2cccc(C)c2I)CC1. The predicted octanol–water partition coefficient (Wildman–Crippen LogP) is 2.86. The van der Waals surface area contributed by atoms with E-state index in [0.29, 0.717) is 12.1 Å². The van der Waals surface area contributed by atoms with Gasteiger partial charge in [-0.25, -0.2) is 0 Å². The molecule has 2 N–H and O–H groups in total. The number of nitrogens with one attached hydrogen (secondary N) is 2. The molecule has 1 aromatic carbocycles. The summed E-state index contributed by atoms with van der Waals surface area (Å²) in [5.41, 5.74) is 1.96. The van der Waals surface area contributed by atoms with Crippen LogP contribution in [-0.4, -0.2) is 25.0 Å². The zero-order chi connectivity index (χ0) is 13.8. The molecule has 4 heteroatoms. The number of carbonyl (C=O) groups excluding carboxylic acids is 1. The largest absolute Gasteiger partial charge is 0.349 e. The van der Waals surface area contributed by atoms with Gasteiger partial charge in [0, 0.05) is 15.7 Å². The lowest BCUT2D eigenvalue weighted by Crippen LogP contribution is -2.41. The van der Waals surface area contributed by atoms with E-state index in [4.69, 9.17) is 0 Å². The molecule has 3 nitrogen and oxygen atoms in total. The number of hydrogen-bond donors (Lipinski definition) is 2. The molecular formula is C15H21IN2O. The standard InChI is InChI=1S/C15H21IN2O/c1-10-4-3-5-13(14(10)16)15(19)18-12-8-6-11(17-2)7-9-12/h3-5,11-12,17H,6-9H2,1-2H3,(H,18,19). The number of hydrogen-bond acceptors (Lipinski definition) is 2. The lowest BCUT2D eigenvalue weighted by molar-refractivity contribution is 0.0923. The van der Waals surface area contributed by atoms with Crippen LogP contribution in [0.4, 0.5) is 0 Å². The Bertz CT molecular complexity index is 453. The third-order valence-corrected chi connectivity index (χ3v) is 5.34. The van der Waals surface area contributed by atoms with Gasteiger partial charge in [-0.05, 0) is 73.9 Å². The summed E-state index contributed by atoms with van der Waals surface area (Å²) in [4.78, 5) is 12.3. The summed E-state index contributed by atoms with van der Waals surface area (Å²) in [6.07, 6.45) is 4.43. The normalized spacial score (nSPS) is 23.1. The van der Waals surface area contributed by atoms with Gasteiger partial charge >= 0.3 is 0 Å². The van der Waals surface area contributed by atoms with Gasteiger partial charge in [0.05, 0.1) is 5.56 Å². The Morgan fingerprint density at radius 2 is 1.84 bits per heavy atom. The molecule has 0 unspecified atom stereocenters. The summed E-state index contributed by atoms with van der Waals surface area (Å²) < 4.78 is 1.06. The molecule has 1 fully saturated rings. The molecule has 104 valence electrons. The molecule has 1 aliphatic carbocycles. The van der Waals surface area contributed by atoms with Crippen molar-refractivity contribution in [3.8, 4) is 0 Å². The molecule has 0 saturated heterocycles. The maximum atomic E-state index is 12.3. The van der Waals surface area contributed by atoms with Crippen molar-refractivity contribution < 1.29 is 4.79 Å². The Kier molecular flexibility index (Phi) is 5.21. The summed E-state index contributed by atoms with van der Waals surface area (Å²) in [7, 11) is 2.01. The first-order valence-electron chi connectivity index (χ1n) is 6.85. The molecule has 0 bridgehead atoms. The van der Waals surface area contributed by atoms with Crippen LogP contribution in [0.15, 0.2) is 18.2 Å². The van der Waals surface area contributed by atoms with Crippen molar-refractivity contribution in [3.63, 3.8) is 0 Å². The highest BCUT2D eigenvalue weighted by molar-refractivity contribution is 14.1. The van der Waals surface area contributed by atoms with E-state index in [1.54, 1.807) is 0 Å². The van der Waals surface area contributed by atoms with Crippen molar-refractivity contribution in [2.75, 3.05) is 7.05 Å². The van der Waals surface area contributed by atoms with Crippen LogP contribution in [0.1, 0.15) is 41.6 Å². The summed E-state index contributed by atoms with van der Waals surface area (Å²) in [6, 6.07) is 6.84. The van der Waals surface area contributed by atoms with Gasteiger partial charge in [0.2, 0.25) is 0 Å². The average Bonchev–Trinajstić information content (AvgIpc) is 2.42. The second kappa shape index (κ2) is 6.70. The maximum Gasteiger partial charge on any atom is 0.252 e. The van der Waals surface area contributed by atoms with Crippen molar-refractivity contribution >= 4 is 28.5 Å². The zero-order valence-corrected chi connectivity index (χ0v) is 13.7. The highest BCUT2D eigenvalue weighted by atomic mass is 127. The van der Waals surface area contributed by atoms with Crippen LogP contribution in [0.5, 0.6) is 0 Å². The molecule has 2 rings (SSSR count). The number of aryl methyl sites for hydroxylation is 1. The monoisotopic (exact) mass is 372 g/mol. The molecule has 0 spiro atoms. The van der Waals surface area contributed by atoms with Crippen molar-refractivity contribution in [1.29, 1.82) is 0 Å². The molecule has 0 heterocycles. The Labute approximate surface area is 128 Å². The summed E-state index contributed by atoms with van der Waals surface area (Å²) in [5.74, 6) is 0.0704. The molecule has 0 aromatic heterocycles. The lowest BCUT2D eigenvalue weighted by atomic mass is 9.91. The minimum atomic E-state index is 0.0704. The van der Waals surface area contributed by atoms with Crippen molar-refractivity contribution in [3.05, 3.63) is 32.9 Å². The Morgan fingerprint density at radius 1 is 1.21 bits per heavy atom. The van der Waals surface area contributed by atoms with E-state index >= 15 is 0 Å². The van der Waals surface area contributed by atoms with E-state index in [9.17, 15) is 4.79 Å². The summed E-state index contributed by atoms with van der Waals surface area (Å²) >= 11 is 2.25. The van der Waals surface area contributed by atoms with Gasteiger partial charge in [0.15, 0.2) is 0 Å². The minimum absolute atomic E-state index is 0.0704. The van der Waals surface area contributed by atoms with Gasteiger partial charge < -0.3 is 10.6 Å². The fourth-order valence-electron chi connectivity index (χ4n) is 2.61. The smallest absolute Gasteiger partial charge is 0.252 e. The van der Waals surface area contributed by atoms with E-state index < -0.39 is 0 Å². The van der Waals surface area contributed by atoms with Crippen molar-refractivity contribution in [2.45, 2.75) is 44.7 Å². The fourth-order valence-corrected chi connectivity index (χ4v) is 3.22. The predicted molar refractivity (Wildman–Crippen MR) is 86.5 cm³/mol. The minimum Gasteiger partial charge on any atom is -0.349 e. The number of amides is 1. The highest BCUT2D eigenvalue weighted by Gasteiger charge is 2.22. The van der Waals surface area contributed by atoms with E-state index in [1.807, 2.05) is 32.2 Å². The van der Waals surface area contributed by atoms with Crippen molar-refractivity contribution in [1.82, 2.24) is 10.6 Å².